The number of aliphatic hydroxyl groups excluding tert-OH is 3. The van der Waals surface area contributed by atoms with Crippen LogP contribution in [-0.4, -0.2) is 66.9 Å². The molecule has 1 aliphatic carbocycles. The number of hydrogen-bond donors (Lipinski definition) is 4. The molecule has 4 atom stereocenters. The molecule has 4 rings (SSSR count). The van der Waals surface area contributed by atoms with Gasteiger partial charge < -0.3 is 30.5 Å². The zero-order valence-corrected chi connectivity index (χ0v) is 15.2. The fourth-order valence-corrected chi connectivity index (χ4v) is 4.08. The van der Waals surface area contributed by atoms with Gasteiger partial charge in [0.25, 0.3) is 0 Å². The van der Waals surface area contributed by atoms with Gasteiger partial charge in [-0.15, -0.1) is 0 Å². The molecule has 0 aromatic carbocycles. The van der Waals surface area contributed by atoms with E-state index in [1.165, 1.54) is 10.9 Å². The van der Waals surface area contributed by atoms with Crippen LogP contribution in [0.1, 0.15) is 44.2 Å². The van der Waals surface area contributed by atoms with Crippen molar-refractivity contribution in [3.05, 3.63) is 12.2 Å². The average molecular weight is 379 g/mol. The minimum atomic E-state index is -1.23. The second-order valence-electron chi connectivity index (χ2n) is 7.24. The fraction of sp³-hybridized carbons (Fsp3) is 0.706. The van der Waals surface area contributed by atoms with E-state index in [0.717, 1.165) is 32.1 Å². The maximum atomic E-state index is 10.3. The predicted octanol–water partition coefficient (Wildman–Crippen LogP) is -0.174. The summed E-state index contributed by atoms with van der Waals surface area (Å²) in [5.74, 6) is 0.714. The van der Waals surface area contributed by atoms with Gasteiger partial charge in [-0.3, -0.25) is 4.57 Å². The Kier molecular flexibility index (Phi) is 4.77. The van der Waals surface area contributed by atoms with Crippen molar-refractivity contribution in [2.45, 2.75) is 62.2 Å². The first-order chi connectivity index (χ1) is 13.0. The summed E-state index contributed by atoms with van der Waals surface area (Å²) in [6.45, 7) is -0.406. The van der Waals surface area contributed by atoms with E-state index in [4.69, 9.17) is 15.2 Å². The van der Waals surface area contributed by atoms with E-state index in [1.54, 1.807) is 7.11 Å². The quantitative estimate of drug-likeness (QED) is 0.568. The molecular weight excluding hydrogens is 354 g/mol. The summed E-state index contributed by atoms with van der Waals surface area (Å²) < 4.78 is 12.9. The van der Waals surface area contributed by atoms with Crippen molar-refractivity contribution in [3.8, 4) is 0 Å². The Balaban J connectivity index is 1.79. The molecule has 10 nitrogen and oxygen atoms in total. The van der Waals surface area contributed by atoms with E-state index < -0.39 is 36.7 Å². The van der Waals surface area contributed by atoms with Crippen LogP contribution >= 0.6 is 0 Å². The molecule has 2 unspecified atom stereocenters. The van der Waals surface area contributed by atoms with Gasteiger partial charge in [-0.1, -0.05) is 19.3 Å². The van der Waals surface area contributed by atoms with Gasteiger partial charge >= 0.3 is 0 Å². The molecule has 0 amide bonds. The van der Waals surface area contributed by atoms with Crippen molar-refractivity contribution in [1.29, 1.82) is 0 Å². The normalized spacial score (nSPS) is 30.8. The molecule has 0 bridgehead atoms. The third-order valence-corrected chi connectivity index (χ3v) is 5.70. The number of aliphatic hydroxyl groups is 3. The number of ether oxygens (including phenoxy) is 2. The lowest BCUT2D eigenvalue weighted by molar-refractivity contribution is -0.0535. The largest absolute Gasteiger partial charge is 0.394 e. The van der Waals surface area contributed by atoms with Gasteiger partial charge in [0.2, 0.25) is 0 Å². The standard InChI is InChI=1S/C17H25N5O5/c1-26-17(5-3-2-4-6-17)16-20-13(18)10-14(21-16)22(8-19-10)15-12(25)11(24)9(7-23)27-15/h8-9,11-12,15,23-25H,2-7H2,1H3,(H2,18,20,21)/t9-,11?,12?,15-/m1/s1. The molecule has 2 aromatic heterocycles. The van der Waals surface area contributed by atoms with Crippen LogP contribution in [0.25, 0.3) is 11.2 Å². The summed E-state index contributed by atoms with van der Waals surface area (Å²) in [6, 6.07) is 0. The lowest BCUT2D eigenvalue weighted by Gasteiger charge is -2.34. The van der Waals surface area contributed by atoms with Crippen LogP contribution in [0.5, 0.6) is 0 Å². The number of imidazole rings is 1. The van der Waals surface area contributed by atoms with E-state index in [0.29, 0.717) is 17.0 Å². The zero-order chi connectivity index (χ0) is 19.2. The van der Waals surface area contributed by atoms with Crippen LogP contribution in [0.4, 0.5) is 5.82 Å². The van der Waals surface area contributed by atoms with Gasteiger partial charge in [-0.05, 0) is 12.8 Å². The molecule has 2 aliphatic rings. The molecule has 1 saturated heterocycles. The Labute approximate surface area is 156 Å². The molecule has 0 radical (unpaired) electrons. The lowest BCUT2D eigenvalue weighted by atomic mass is 9.84. The second kappa shape index (κ2) is 6.95. The van der Waals surface area contributed by atoms with E-state index in [2.05, 4.69) is 15.0 Å². The number of nitrogens with two attached hydrogens (primary N) is 1. The number of nitrogens with zero attached hydrogens (tertiary/aromatic N) is 4. The van der Waals surface area contributed by atoms with Gasteiger partial charge in [0.05, 0.1) is 12.9 Å². The minimum absolute atomic E-state index is 0.225. The fourth-order valence-electron chi connectivity index (χ4n) is 4.08. The molecule has 0 spiro atoms. The Hall–Kier alpha value is -1.85. The summed E-state index contributed by atoms with van der Waals surface area (Å²) in [5.41, 5.74) is 6.32. The van der Waals surface area contributed by atoms with Gasteiger partial charge in [0.15, 0.2) is 23.5 Å². The maximum Gasteiger partial charge on any atom is 0.168 e. The van der Waals surface area contributed by atoms with Crippen molar-refractivity contribution >= 4 is 17.0 Å². The third-order valence-electron chi connectivity index (χ3n) is 5.70. The van der Waals surface area contributed by atoms with E-state index in [-0.39, 0.29) is 5.82 Å². The SMILES string of the molecule is COC1(c2nc(N)c3ncn([C@@H]4O[C@H](CO)C(O)C4O)c3n2)CCCCC1. The smallest absolute Gasteiger partial charge is 0.168 e. The lowest BCUT2D eigenvalue weighted by Crippen LogP contribution is -2.34. The van der Waals surface area contributed by atoms with E-state index >= 15 is 0 Å². The van der Waals surface area contributed by atoms with Crippen LogP contribution in [0.3, 0.4) is 0 Å². The van der Waals surface area contributed by atoms with Gasteiger partial charge in [-0.2, -0.15) is 0 Å². The first-order valence-electron chi connectivity index (χ1n) is 9.19. The molecule has 2 aromatic rings. The summed E-state index contributed by atoms with van der Waals surface area (Å²) in [6.07, 6.45) is 1.96. The molecule has 1 saturated carbocycles. The number of anilines is 1. The summed E-state index contributed by atoms with van der Waals surface area (Å²) in [4.78, 5) is 13.4. The molecular formula is C17H25N5O5. The van der Waals surface area contributed by atoms with Crippen LogP contribution in [0.2, 0.25) is 0 Å². The molecule has 1 aliphatic heterocycles. The van der Waals surface area contributed by atoms with Gasteiger partial charge in [-0.25, -0.2) is 15.0 Å². The molecule has 148 valence electrons. The highest BCUT2D eigenvalue weighted by atomic mass is 16.6. The van der Waals surface area contributed by atoms with Crippen LogP contribution in [0.15, 0.2) is 6.33 Å². The van der Waals surface area contributed by atoms with E-state index in [9.17, 15) is 15.3 Å². The second-order valence-corrected chi connectivity index (χ2v) is 7.24. The maximum absolute atomic E-state index is 10.3. The number of aromatic nitrogens is 4. The van der Waals surface area contributed by atoms with Gasteiger partial charge in [0, 0.05) is 7.11 Å². The highest BCUT2D eigenvalue weighted by Crippen LogP contribution is 2.40. The number of nitrogen functional groups attached to an aromatic ring is 1. The number of rotatable bonds is 4. The first kappa shape index (κ1) is 18.5. The summed E-state index contributed by atoms with van der Waals surface area (Å²) >= 11 is 0. The number of methoxy groups -OCH3 is 1. The van der Waals surface area contributed by atoms with Crippen LogP contribution in [0, 0.1) is 0 Å². The molecule has 2 fully saturated rings. The highest BCUT2D eigenvalue weighted by Gasteiger charge is 2.44. The molecule has 10 heteroatoms. The zero-order valence-electron chi connectivity index (χ0n) is 15.2. The topological polar surface area (TPSA) is 149 Å². The summed E-state index contributed by atoms with van der Waals surface area (Å²) in [5, 5.41) is 29.7. The number of fused-ring (bicyclic) bond motifs is 1. The van der Waals surface area contributed by atoms with Crippen LogP contribution < -0.4 is 5.73 Å². The van der Waals surface area contributed by atoms with E-state index in [1.807, 2.05) is 0 Å². The van der Waals surface area contributed by atoms with Crippen molar-refractivity contribution in [2.75, 3.05) is 19.5 Å². The summed E-state index contributed by atoms with van der Waals surface area (Å²) in [7, 11) is 1.65. The first-order valence-corrected chi connectivity index (χ1v) is 9.19. The average Bonchev–Trinajstić information content (AvgIpc) is 3.24. The third kappa shape index (κ3) is 2.88. The Bertz CT molecular complexity index is 821. The van der Waals surface area contributed by atoms with Crippen molar-refractivity contribution < 1.29 is 24.8 Å². The Morgan fingerprint density at radius 1 is 1.26 bits per heavy atom. The highest BCUT2D eigenvalue weighted by molar-refractivity contribution is 5.81. The van der Waals surface area contributed by atoms with Gasteiger partial charge in [0.1, 0.15) is 29.4 Å². The minimum Gasteiger partial charge on any atom is -0.394 e. The van der Waals surface area contributed by atoms with Crippen molar-refractivity contribution in [1.82, 2.24) is 19.5 Å². The molecule has 27 heavy (non-hydrogen) atoms. The number of hydrogen-bond acceptors (Lipinski definition) is 9. The Morgan fingerprint density at radius 2 is 2.00 bits per heavy atom. The van der Waals surface area contributed by atoms with Crippen molar-refractivity contribution in [2.24, 2.45) is 0 Å². The predicted molar refractivity (Wildman–Crippen MR) is 94.5 cm³/mol. The van der Waals surface area contributed by atoms with Crippen molar-refractivity contribution in [3.63, 3.8) is 0 Å². The molecule has 3 heterocycles. The Morgan fingerprint density at radius 3 is 2.63 bits per heavy atom. The van der Waals surface area contributed by atoms with Crippen LogP contribution in [-0.2, 0) is 15.1 Å². The molecule has 5 N–H and O–H groups in total. The monoisotopic (exact) mass is 379 g/mol.